The van der Waals surface area contributed by atoms with Gasteiger partial charge in [-0.3, -0.25) is 0 Å². The molecule has 0 amide bonds. The average molecular weight is 361 g/mol. The van der Waals surface area contributed by atoms with Gasteiger partial charge in [-0.25, -0.2) is 9.97 Å². The zero-order valence-electron chi connectivity index (χ0n) is 13.7. The van der Waals surface area contributed by atoms with E-state index < -0.39 is 0 Å². The van der Waals surface area contributed by atoms with Crippen molar-refractivity contribution in [2.75, 3.05) is 18.0 Å². The Bertz CT molecular complexity index is 801. The van der Waals surface area contributed by atoms with Gasteiger partial charge in [-0.2, -0.15) is 5.26 Å². The summed E-state index contributed by atoms with van der Waals surface area (Å²) in [5.74, 6) is 0.740. The lowest BCUT2D eigenvalue weighted by molar-refractivity contribution is 0.279. The summed E-state index contributed by atoms with van der Waals surface area (Å²) in [6, 6.07) is 7.42. The van der Waals surface area contributed by atoms with Crippen LogP contribution in [-0.2, 0) is 0 Å². The van der Waals surface area contributed by atoms with Crippen molar-refractivity contribution in [2.45, 2.75) is 26.7 Å². The SMILES string of the molecule is CC1(C)CCN(c2cnc(-c3cccc(Cl)c3Cl)c(C#N)n2)CC1. The molecule has 0 saturated carbocycles. The van der Waals surface area contributed by atoms with E-state index in [9.17, 15) is 5.26 Å². The quantitative estimate of drug-likeness (QED) is 0.760. The normalized spacial score (nSPS) is 16.7. The number of rotatable bonds is 2. The average Bonchev–Trinajstić information content (AvgIpc) is 2.57. The van der Waals surface area contributed by atoms with Gasteiger partial charge in [0.05, 0.1) is 16.2 Å². The number of hydrogen-bond acceptors (Lipinski definition) is 4. The van der Waals surface area contributed by atoms with Crippen molar-refractivity contribution in [1.29, 1.82) is 5.26 Å². The van der Waals surface area contributed by atoms with Gasteiger partial charge < -0.3 is 4.90 Å². The second-order valence-electron chi connectivity index (χ2n) is 6.79. The number of nitriles is 1. The molecule has 2 aromatic rings. The van der Waals surface area contributed by atoms with Crippen molar-refractivity contribution in [3.05, 3.63) is 40.1 Å². The Morgan fingerprint density at radius 2 is 1.92 bits per heavy atom. The maximum absolute atomic E-state index is 9.50. The number of aromatic nitrogens is 2. The molecule has 0 unspecified atom stereocenters. The maximum atomic E-state index is 9.50. The lowest BCUT2D eigenvalue weighted by Gasteiger charge is -2.37. The maximum Gasteiger partial charge on any atom is 0.169 e. The number of halogens is 2. The molecule has 24 heavy (non-hydrogen) atoms. The van der Waals surface area contributed by atoms with Gasteiger partial charge in [0, 0.05) is 18.7 Å². The van der Waals surface area contributed by atoms with Crippen molar-refractivity contribution in [2.24, 2.45) is 5.41 Å². The predicted molar refractivity (Wildman–Crippen MR) is 97.4 cm³/mol. The second kappa shape index (κ2) is 6.58. The summed E-state index contributed by atoms with van der Waals surface area (Å²) >= 11 is 12.3. The van der Waals surface area contributed by atoms with E-state index in [4.69, 9.17) is 23.2 Å². The molecule has 1 aromatic carbocycles. The highest BCUT2D eigenvalue weighted by molar-refractivity contribution is 6.43. The van der Waals surface area contributed by atoms with Crippen molar-refractivity contribution in [3.8, 4) is 17.3 Å². The highest BCUT2D eigenvalue weighted by atomic mass is 35.5. The van der Waals surface area contributed by atoms with Crippen molar-refractivity contribution < 1.29 is 0 Å². The molecule has 6 heteroatoms. The standard InChI is InChI=1S/C18H18Cl2N4/c1-18(2)6-8-24(9-7-18)15-11-22-17(14(10-21)23-15)12-4-3-5-13(19)16(12)20/h3-5,11H,6-9H2,1-2H3. The molecule has 0 bridgehead atoms. The van der Waals surface area contributed by atoms with Crippen LogP contribution in [0.3, 0.4) is 0 Å². The fourth-order valence-electron chi connectivity index (χ4n) is 2.84. The van der Waals surface area contributed by atoms with Crippen molar-refractivity contribution in [3.63, 3.8) is 0 Å². The Balaban J connectivity index is 1.95. The van der Waals surface area contributed by atoms with Crippen LogP contribution in [0, 0.1) is 16.7 Å². The number of piperidine rings is 1. The van der Waals surface area contributed by atoms with Crippen LogP contribution >= 0.6 is 23.2 Å². The molecule has 1 saturated heterocycles. The number of hydrogen-bond donors (Lipinski definition) is 0. The molecule has 1 aromatic heterocycles. The van der Waals surface area contributed by atoms with Gasteiger partial charge in [0.25, 0.3) is 0 Å². The molecule has 0 atom stereocenters. The molecular formula is C18H18Cl2N4. The van der Waals surface area contributed by atoms with E-state index in [0.29, 0.717) is 26.7 Å². The van der Waals surface area contributed by atoms with Gasteiger partial charge in [0.1, 0.15) is 17.6 Å². The van der Waals surface area contributed by atoms with Gasteiger partial charge in [-0.1, -0.05) is 49.2 Å². The summed E-state index contributed by atoms with van der Waals surface area (Å²) in [7, 11) is 0. The third-order valence-corrected chi connectivity index (χ3v) is 5.33. The number of anilines is 1. The van der Waals surface area contributed by atoms with Gasteiger partial charge in [-0.15, -0.1) is 0 Å². The van der Waals surface area contributed by atoms with Crippen LogP contribution in [0.25, 0.3) is 11.3 Å². The molecule has 0 aliphatic carbocycles. The first-order chi connectivity index (χ1) is 11.4. The molecule has 1 fully saturated rings. The summed E-state index contributed by atoms with van der Waals surface area (Å²) in [5.41, 5.74) is 1.71. The summed E-state index contributed by atoms with van der Waals surface area (Å²) in [4.78, 5) is 11.2. The Morgan fingerprint density at radius 1 is 1.21 bits per heavy atom. The molecule has 124 valence electrons. The van der Waals surface area contributed by atoms with Crippen molar-refractivity contribution >= 4 is 29.0 Å². The van der Waals surface area contributed by atoms with Gasteiger partial charge in [0.2, 0.25) is 0 Å². The fourth-order valence-corrected chi connectivity index (χ4v) is 3.23. The van der Waals surface area contributed by atoms with Crippen LogP contribution in [0.5, 0.6) is 0 Å². The van der Waals surface area contributed by atoms with Gasteiger partial charge in [-0.05, 0) is 24.3 Å². The third kappa shape index (κ3) is 3.33. The van der Waals surface area contributed by atoms with E-state index in [1.165, 1.54) is 0 Å². The van der Waals surface area contributed by atoms with Gasteiger partial charge >= 0.3 is 0 Å². The second-order valence-corrected chi connectivity index (χ2v) is 7.58. The molecule has 3 rings (SSSR count). The molecule has 4 nitrogen and oxygen atoms in total. The van der Waals surface area contributed by atoms with Crippen LogP contribution in [0.15, 0.2) is 24.4 Å². The minimum Gasteiger partial charge on any atom is -0.355 e. The number of benzene rings is 1. The predicted octanol–water partition coefficient (Wildman–Crippen LogP) is 4.95. The first kappa shape index (κ1) is 17.0. The number of nitrogens with zero attached hydrogens (tertiary/aromatic N) is 4. The zero-order chi connectivity index (χ0) is 17.3. The Morgan fingerprint density at radius 3 is 2.58 bits per heavy atom. The molecule has 2 heterocycles. The van der Waals surface area contributed by atoms with Crippen LogP contribution in [-0.4, -0.2) is 23.1 Å². The lowest BCUT2D eigenvalue weighted by atomic mass is 9.83. The third-order valence-electron chi connectivity index (χ3n) is 4.51. The molecule has 0 spiro atoms. The molecular weight excluding hydrogens is 343 g/mol. The van der Waals surface area contributed by atoms with Gasteiger partial charge in [0.15, 0.2) is 5.69 Å². The lowest BCUT2D eigenvalue weighted by Crippen LogP contribution is -2.37. The van der Waals surface area contributed by atoms with E-state index in [1.54, 1.807) is 24.4 Å². The van der Waals surface area contributed by atoms with Crippen LogP contribution in [0.4, 0.5) is 5.82 Å². The van der Waals surface area contributed by atoms with Crippen LogP contribution in [0.1, 0.15) is 32.4 Å². The Hall–Kier alpha value is -1.83. The first-order valence-electron chi connectivity index (χ1n) is 7.88. The van der Waals surface area contributed by atoms with E-state index >= 15 is 0 Å². The van der Waals surface area contributed by atoms with E-state index in [0.717, 1.165) is 31.7 Å². The summed E-state index contributed by atoms with van der Waals surface area (Å²) in [6.45, 7) is 6.40. The molecule has 1 aliphatic rings. The summed E-state index contributed by atoms with van der Waals surface area (Å²) < 4.78 is 0. The zero-order valence-corrected chi connectivity index (χ0v) is 15.2. The smallest absolute Gasteiger partial charge is 0.169 e. The van der Waals surface area contributed by atoms with E-state index in [1.807, 2.05) is 0 Å². The Labute approximate surface area is 152 Å². The highest BCUT2D eigenvalue weighted by Crippen LogP contribution is 2.35. The molecule has 0 radical (unpaired) electrons. The minimum atomic E-state index is 0.265. The summed E-state index contributed by atoms with van der Waals surface area (Å²) in [5, 5.41) is 10.3. The van der Waals surface area contributed by atoms with E-state index in [-0.39, 0.29) is 5.69 Å². The minimum absolute atomic E-state index is 0.265. The monoisotopic (exact) mass is 360 g/mol. The molecule has 1 aliphatic heterocycles. The summed E-state index contributed by atoms with van der Waals surface area (Å²) in [6.07, 6.45) is 3.91. The fraction of sp³-hybridized carbons (Fsp3) is 0.389. The van der Waals surface area contributed by atoms with Crippen molar-refractivity contribution in [1.82, 2.24) is 9.97 Å². The van der Waals surface area contributed by atoms with Crippen LogP contribution in [0.2, 0.25) is 10.0 Å². The molecule has 0 N–H and O–H groups in total. The Kier molecular flexibility index (Phi) is 4.67. The van der Waals surface area contributed by atoms with E-state index in [2.05, 4.69) is 34.8 Å². The van der Waals surface area contributed by atoms with Crippen LogP contribution < -0.4 is 4.90 Å². The largest absolute Gasteiger partial charge is 0.355 e. The highest BCUT2D eigenvalue weighted by Gasteiger charge is 2.26. The first-order valence-corrected chi connectivity index (χ1v) is 8.63. The topological polar surface area (TPSA) is 52.8 Å².